The Balaban J connectivity index is 1.81. The van der Waals surface area contributed by atoms with Crippen LogP contribution in [0.1, 0.15) is 71.1 Å². The van der Waals surface area contributed by atoms with E-state index in [4.69, 9.17) is 0 Å². The molecule has 178 valence electrons. The molecule has 0 unspecified atom stereocenters. The maximum Gasteiger partial charge on any atom is 0.0498 e. The molecular formula is C34H37N. The van der Waals surface area contributed by atoms with Crippen molar-refractivity contribution in [1.82, 2.24) is 0 Å². The molecule has 1 aliphatic rings. The van der Waals surface area contributed by atoms with E-state index in [1.54, 1.807) is 0 Å². The predicted molar refractivity (Wildman–Crippen MR) is 152 cm³/mol. The summed E-state index contributed by atoms with van der Waals surface area (Å²) in [7, 11) is 0. The molecule has 5 rings (SSSR count). The molecule has 0 heterocycles. The average molecular weight is 460 g/mol. The minimum Gasteiger partial charge on any atom is -0.336 e. The summed E-state index contributed by atoms with van der Waals surface area (Å²) >= 11 is 0. The number of nitrogens with zero attached hydrogens (tertiary/aromatic N) is 1. The lowest BCUT2D eigenvalue weighted by Gasteiger charge is -2.42. The minimum atomic E-state index is -0.112. The maximum absolute atomic E-state index is 2.60. The molecule has 0 saturated carbocycles. The zero-order valence-electron chi connectivity index (χ0n) is 22.2. The van der Waals surface area contributed by atoms with Crippen LogP contribution in [-0.4, -0.2) is 5.54 Å². The number of fused-ring (bicyclic) bond motifs is 3. The second kappa shape index (κ2) is 8.41. The molecule has 0 bridgehead atoms. The van der Waals surface area contributed by atoms with Gasteiger partial charge in [-0.15, -0.1) is 0 Å². The Bertz CT molecular complexity index is 1370. The van der Waals surface area contributed by atoms with Gasteiger partial charge in [0.15, 0.2) is 0 Å². The molecule has 0 aromatic heterocycles. The molecule has 35 heavy (non-hydrogen) atoms. The van der Waals surface area contributed by atoms with Crippen LogP contribution in [0.15, 0.2) is 91.0 Å². The fourth-order valence-corrected chi connectivity index (χ4v) is 5.88. The van der Waals surface area contributed by atoms with Gasteiger partial charge in [0.25, 0.3) is 0 Å². The first kappa shape index (κ1) is 23.4. The molecule has 0 atom stereocenters. The first-order valence-electron chi connectivity index (χ1n) is 12.8. The average Bonchev–Trinajstić information content (AvgIpc) is 3.06. The van der Waals surface area contributed by atoms with Gasteiger partial charge in [-0.25, -0.2) is 0 Å². The molecule has 4 aromatic carbocycles. The Hall–Kier alpha value is -3.32. The Morgan fingerprint density at radius 3 is 2.03 bits per heavy atom. The van der Waals surface area contributed by atoms with Crippen molar-refractivity contribution >= 4 is 11.4 Å². The van der Waals surface area contributed by atoms with E-state index < -0.39 is 0 Å². The van der Waals surface area contributed by atoms with Crippen LogP contribution in [-0.2, 0) is 5.41 Å². The van der Waals surface area contributed by atoms with Gasteiger partial charge in [-0.1, -0.05) is 107 Å². The van der Waals surface area contributed by atoms with Gasteiger partial charge in [-0.3, -0.25) is 0 Å². The largest absolute Gasteiger partial charge is 0.336 e. The molecule has 0 radical (unpaired) electrons. The van der Waals surface area contributed by atoms with Crippen molar-refractivity contribution in [3.63, 3.8) is 0 Å². The van der Waals surface area contributed by atoms with Crippen molar-refractivity contribution in [3.05, 3.63) is 108 Å². The van der Waals surface area contributed by atoms with Gasteiger partial charge in [-0.2, -0.15) is 0 Å². The van der Waals surface area contributed by atoms with E-state index in [0.717, 1.165) is 0 Å². The fraction of sp³-hybridized carbons (Fsp3) is 0.294. The van der Waals surface area contributed by atoms with Crippen molar-refractivity contribution < 1.29 is 0 Å². The lowest BCUT2D eigenvalue weighted by molar-refractivity contribution is 0.550. The van der Waals surface area contributed by atoms with Gasteiger partial charge < -0.3 is 4.90 Å². The summed E-state index contributed by atoms with van der Waals surface area (Å²) in [5.74, 6) is 0.414. The number of hydrogen-bond acceptors (Lipinski definition) is 1. The molecule has 1 nitrogen and oxygen atoms in total. The number of hydrogen-bond donors (Lipinski definition) is 0. The van der Waals surface area contributed by atoms with Crippen LogP contribution in [0.5, 0.6) is 0 Å². The summed E-state index contributed by atoms with van der Waals surface area (Å²) in [6, 6.07) is 33.4. The SMILES string of the molecule is CC(C)c1ccc2c(c1N(c1cccc(-c3ccccc3)c1)C(C)(C)C)C(C)(C)c1ccccc1-2. The molecule has 0 saturated heterocycles. The highest BCUT2D eigenvalue weighted by molar-refractivity contribution is 5.90. The molecule has 4 aromatic rings. The van der Waals surface area contributed by atoms with Crippen LogP contribution in [0.3, 0.4) is 0 Å². The second-order valence-corrected chi connectivity index (χ2v) is 11.7. The van der Waals surface area contributed by atoms with Crippen LogP contribution in [0.2, 0.25) is 0 Å². The highest BCUT2D eigenvalue weighted by Crippen LogP contribution is 2.56. The van der Waals surface area contributed by atoms with Crippen molar-refractivity contribution in [3.8, 4) is 22.3 Å². The molecule has 0 amide bonds. The Kier molecular flexibility index (Phi) is 5.63. The molecule has 0 spiro atoms. The summed E-state index contributed by atoms with van der Waals surface area (Å²) in [4.78, 5) is 2.60. The lowest BCUT2D eigenvalue weighted by Crippen LogP contribution is -2.40. The molecule has 0 aliphatic heterocycles. The monoisotopic (exact) mass is 459 g/mol. The Morgan fingerprint density at radius 1 is 0.686 bits per heavy atom. The summed E-state index contributed by atoms with van der Waals surface area (Å²) in [5, 5.41) is 0. The molecule has 0 fully saturated rings. The highest BCUT2D eigenvalue weighted by Gasteiger charge is 2.41. The summed E-state index contributed by atoms with van der Waals surface area (Å²) in [6.45, 7) is 16.4. The van der Waals surface area contributed by atoms with Gasteiger partial charge in [0, 0.05) is 22.3 Å². The van der Waals surface area contributed by atoms with Gasteiger partial charge >= 0.3 is 0 Å². The van der Waals surface area contributed by atoms with Crippen molar-refractivity contribution in [1.29, 1.82) is 0 Å². The van der Waals surface area contributed by atoms with Crippen LogP contribution in [0.25, 0.3) is 22.3 Å². The molecule has 1 heteroatoms. The van der Waals surface area contributed by atoms with Crippen LogP contribution >= 0.6 is 0 Å². The Morgan fingerprint density at radius 2 is 1.34 bits per heavy atom. The number of anilines is 2. The van der Waals surface area contributed by atoms with Crippen molar-refractivity contribution in [2.75, 3.05) is 4.90 Å². The number of benzene rings is 4. The van der Waals surface area contributed by atoms with E-state index in [2.05, 4.69) is 144 Å². The standard InChI is InChI=1S/C34H37N/c1-23(2)27-20-21-29-28-18-11-12-19-30(28)34(6,7)31(29)32(27)35(33(3,4)5)26-17-13-16-25(22-26)24-14-9-8-10-15-24/h8-23H,1-7H3. The van der Waals surface area contributed by atoms with E-state index in [1.807, 2.05) is 0 Å². The zero-order chi connectivity index (χ0) is 25.0. The minimum absolute atomic E-state index is 0.0767. The third-order valence-corrected chi connectivity index (χ3v) is 7.45. The van der Waals surface area contributed by atoms with E-state index in [0.29, 0.717) is 5.92 Å². The maximum atomic E-state index is 2.60. The van der Waals surface area contributed by atoms with E-state index in [9.17, 15) is 0 Å². The fourth-order valence-electron chi connectivity index (χ4n) is 5.88. The topological polar surface area (TPSA) is 3.24 Å². The zero-order valence-corrected chi connectivity index (χ0v) is 22.2. The van der Waals surface area contributed by atoms with E-state index in [1.165, 1.54) is 50.3 Å². The normalized spacial score (nSPS) is 14.1. The quantitative estimate of drug-likeness (QED) is 0.293. The predicted octanol–water partition coefficient (Wildman–Crippen LogP) is 9.72. The molecular weight excluding hydrogens is 422 g/mol. The van der Waals surface area contributed by atoms with Crippen molar-refractivity contribution in [2.45, 2.75) is 65.3 Å². The first-order valence-corrected chi connectivity index (χ1v) is 12.8. The summed E-state index contributed by atoms with van der Waals surface area (Å²) in [5.41, 5.74) is 11.9. The second-order valence-electron chi connectivity index (χ2n) is 11.7. The van der Waals surface area contributed by atoms with Gasteiger partial charge in [0.1, 0.15) is 0 Å². The van der Waals surface area contributed by atoms with Crippen LogP contribution < -0.4 is 4.90 Å². The van der Waals surface area contributed by atoms with Gasteiger partial charge in [-0.05, 0) is 77.8 Å². The lowest BCUT2D eigenvalue weighted by atomic mass is 9.78. The number of rotatable bonds is 4. The first-order chi connectivity index (χ1) is 16.6. The summed E-state index contributed by atoms with van der Waals surface area (Å²) < 4.78 is 0. The van der Waals surface area contributed by atoms with Crippen molar-refractivity contribution in [2.24, 2.45) is 0 Å². The van der Waals surface area contributed by atoms with E-state index in [-0.39, 0.29) is 11.0 Å². The smallest absolute Gasteiger partial charge is 0.0498 e. The third-order valence-electron chi connectivity index (χ3n) is 7.45. The van der Waals surface area contributed by atoms with Crippen LogP contribution in [0.4, 0.5) is 11.4 Å². The Labute approximate surface area is 211 Å². The van der Waals surface area contributed by atoms with Crippen LogP contribution in [0, 0.1) is 0 Å². The third kappa shape index (κ3) is 3.88. The molecule has 0 N–H and O–H groups in total. The van der Waals surface area contributed by atoms with Gasteiger partial charge in [0.2, 0.25) is 0 Å². The summed E-state index contributed by atoms with van der Waals surface area (Å²) in [6.07, 6.45) is 0. The van der Waals surface area contributed by atoms with Gasteiger partial charge in [0.05, 0.1) is 0 Å². The highest BCUT2D eigenvalue weighted by atomic mass is 15.2. The molecule has 1 aliphatic carbocycles. The van der Waals surface area contributed by atoms with E-state index >= 15 is 0 Å².